The first kappa shape index (κ1) is 22.6. The standard InChI is InChI=1S/C16H15ClN2O2S2.C2HF3O2/c17-15-5-6-16(22-15)23(20,21)19-10-7-13-12(3-1-4-14(13)19)11-18-8-2-9-18;3-2(4,5)1(6)7/h1,3-7,10H,2,8-9,11H2;(H,6,7). The van der Waals surface area contributed by atoms with Gasteiger partial charge in [0, 0.05) is 18.1 Å². The largest absolute Gasteiger partial charge is 0.490 e. The fourth-order valence-electron chi connectivity index (χ4n) is 2.87. The molecule has 2 aromatic heterocycles. The van der Waals surface area contributed by atoms with E-state index in [1.165, 1.54) is 16.0 Å². The summed E-state index contributed by atoms with van der Waals surface area (Å²) in [7, 11) is -3.60. The van der Waals surface area contributed by atoms with Crippen LogP contribution in [0.2, 0.25) is 4.34 Å². The molecule has 1 saturated heterocycles. The summed E-state index contributed by atoms with van der Waals surface area (Å²) in [6, 6.07) is 10.9. The van der Waals surface area contributed by atoms with Crippen molar-refractivity contribution in [2.24, 2.45) is 0 Å². The zero-order valence-electron chi connectivity index (χ0n) is 15.3. The highest BCUT2D eigenvalue weighted by molar-refractivity contribution is 7.92. The number of benzene rings is 1. The summed E-state index contributed by atoms with van der Waals surface area (Å²) in [5.74, 6) is -2.76. The van der Waals surface area contributed by atoms with Crippen LogP contribution in [-0.2, 0) is 21.4 Å². The van der Waals surface area contributed by atoms with Gasteiger partial charge in [0.15, 0.2) is 0 Å². The summed E-state index contributed by atoms with van der Waals surface area (Å²) in [6.07, 6.45) is -2.21. The van der Waals surface area contributed by atoms with Crippen LogP contribution in [0, 0.1) is 0 Å². The van der Waals surface area contributed by atoms with Gasteiger partial charge < -0.3 is 5.11 Å². The lowest BCUT2D eigenvalue weighted by Crippen LogP contribution is -2.36. The van der Waals surface area contributed by atoms with Crippen molar-refractivity contribution in [1.82, 2.24) is 8.87 Å². The molecule has 0 aliphatic carbocycles. The molecule has 0 unspecified atom stereocenters. The number of alkyl halides is 3. The molecule has 1 aromatic carbocycles. The molecule has 12 heteroatoms. The highest BCUT2D eigenvalue weighted by Crippen LogP contribution is 2.31. The third-order valence-electron chi connectivity index (χ3n) is 4.43. The van der Waals surface area contributed by atoms with Crippen LogP contribution in [0.15, 0.2) is 46.8 Å². The molecule has 0 saturated carbocycles. The normalized spacial score (nSPS) is 14.8. The van der Waals surface area contributed by atoms with Gasteiger partial charge in [-0.3, -0.25) is 4.90 Å². The maximum atomic E-state index is 12.8. The summed E-state index contributed by atoms with van der Waals surface area (Å²) in [5, 5.41) is 8.12. The molecule has 1 aliphatic rings. The second-order valence-electron chi connectivity index (χ2n) is 6.46. The molecule has 0 spiro atoms. The van der Waals surface area contributed by atoms with Gasteiger partial charge in [-0.25, -0.2) is 8.77 Å². The van der Waals surface area contributed by atoms with Crippen molar-refractivity contribution in [3.05, 3.63) is 52.5 Å². The summed E-state index contributed by atoms with van der Waals surface area (Å²) < 4.78 is 59.5. The molecule has 30 heavy (non-hydrogen) atoms. The lowest BCUT2D eigenvalue weighted by atomic mass is 10.1. The number of halogens is 4. The predicted molar refractivity (Wildman–Crippen MR) is 107 cm³/mol. The minimum absolute atomic E-state index is 0.258. The highest BCUT2D eigenvalue weighted by Gasteiger charge is 2.38. The van der Waals surface area contributed by atoms with Crippen LogP contribution in [0.3, 0.4) is 0 Å². The molecule has 0 radical (unpaired) electrons. The summed E-state index contributed by atoms with van der Waals surface area (Å²) >= 11 is 6.97. The van der Waals surface area contributed by atoms with Gasteiger partial charge in [0.1, 0.15) is 4.21 Å². The molecule has 0 bridgehead atoms. The van der Waals surface area contributed by atoms with E-state index < -0.39 is 22.2 Å². The zero-order valence-corrected chi connectivity index (χ0v) is 17.7. The van der Waals surface area contributed by atoms with Crippen molar-refractivity contribution >= 4 is 49.8 Å². The number of nitrogens with zero attached hydrogens (tertiary/aromatic N) is 2. The third kappa shape index (κ3) is 4.80. The number of likely N-dealkylation sites (tertiary alicyclic amines) is 1. The van der Waals surface area contributed by atoms with Crippen LogP contribution in [0.1, 0.15) is 12.0 Å². The molecule has 0 atom stereocenters. The zero-order chi connectivity index (χ0) is 22.1. The monoisotopic (exact) mass is 480 g/mol. The maximum Gasteiger partial charge on any atom is 0.490 e. The fraction of sp³-hybridized carbons (Fsp3) is 0.278. The number of hydrogen-bond acceptors (Lipinski definition) is 5. The number of thiophene rings is 1. The number of hydrogen-bond donors (Lipinski definition) is 1. The molecule has 0 amide bonds. The van der Waals surface area contributed by atoms with Crippen molar-refractivity contribution in [1.29, 1.82) is 0 Å². The average Bonchev–Trinajstić information content (AvgIpc) is 3.25. The van der Waals surface area contributed by atoms with E-state index in [4.69, 9.17) is 21.5 Å². The van der Waals surface area contributed by atoms with Gasteiger partial charge in [0.05, 0.1) is 9.85 Å². The SMILES string of the molecule is O=C(O)C(F)(F)F.O=S(=O)(c1ccc(Cl)s1)n1ccc2c(CN3CCC3)cccc21. The van der Waals surface area contributed by atoms with Gasteiger partial charge in [-0.1, -0.05) is 23.7 Å². The molecule has 1 aliphatic heterocycles. The van der Waals surface area contributed by atoms with Crippen molar-refractivity contribution in [3.63, 3.8) is 0 Å². The van der Waals surface area contributed by atoms with E-state index in [2.05, 4.69) is 11.0 Å². The van der Waals surface area contributed by atoms with Gasteiger partial charge in [0.25, 0.3) is 10.0 Å². The first-order valence-electron chi connectivity index (χ1n) is 8.62. The highest BCUT2D eigenvalue weighted by atomic mass is 35.5. The Morgan fingerprint density at radius 1 is 1.17 bits per heavy atom. The number of aliphatic carboxylic acids is 1. The number of carbonyl (C=O) groups is 1. The molecule has 1 N–H and O–H groups in total. The van der Waals surface area contributed by atoms with Crippen molar-refractivity contribution in [2.75, 3.05) is 13.1 Å². The number of carboxylic acids is 1. The summed E-state index contributed by atoms with van der Waals surface area (Å²) in [5.41, 5.74) is 1.88. The number of rotatable bonds is 4. The molecule has 3 aromatic rings. The van der Waals surface area contributed by atoms with Crippen LogP contribution in [0.4, 0.5) is 13.2 Å². The van der Waals surface area contributed by atoms with Crippen LogP contribution in [-0.4, -0.2) is 47.6 Å². The predicted octanol–water partition coefficient (Wildman–Crippen LogP) is 4.43. The van der Waals surface area contributed by atoms with E-state index in [0.717, 1.165) is 36.4 Å². The molecular weight excluding hydrogens is 465 g/mol. The second kappa shape index (κ2) is 8.58. The van der Waals surface area contributed by atoms with E-state index in [1.807, 2.05) is 18.2 Å². The Morgan fingerprint density at radius 2 is 1.83 bits per heavy atom. The van der Waals surface area contributed by atoms with Crippen LogP contribution >= 0.6 is 22.9 Å². The topological polar surface area (TPSA) is 79.6 Å². The van der Waals surface area contributed by atoms with Crippen LogP contribution in [0.25, 0.3) is 10.9 Å². The molecule has 1 fully saturated rings. The van der Waals surface area contributed by atoms with Crippen LogP contribution < -0.4 is 0 Å². The number of aromatic nitrogens is 1. The minimum Gasteiger partial charge on any atom is -0.475 e. The fourth-order valence-corrected chi connectivity index (χ4v) is 5.79. The summed E-state index contributed by atoms with van der Waals surface area (Å²) in [6.45, 7) is 3.10. The van der Waals surface area contributed by atoms with Gasteiger partial charge in [-0.15, -0.1) is 11.3 Å². The van der Waals surface area contributed by atoms with E-state index in [1.54, 1.807) is 18.3 Å². The smallest absolute Gasteiger partial charge is 0.475 e. The van der Waals surface area contributed by atoms with Gasteiger partial charge >= 0.3 is 12.1 Å². The number of carboxylic acid groups (broad SMARTS) is 1. The van der Waals surface area contributed by atoms with Crippen molar-refractivity contribution in [2.45, 2.75) is 23.4 Å². The maximum absolute atomic E-state index is 12.8. The Labute approximate surface area is 179 Å². The van der Waals surface area contributed by atoms with Gasteiger partial charge in [-0.05, 0) is 49.3 Å². The van der Waals surface area contributed by atoms with Gasteiger partial charge in [0.2, 0.25) is 0 Å². The number of fused-ring (bicyclic) bond motifs is 1. The van der Waals surface area contributed by atoms with Gasteiger partial charge in [-0.2, -0.15) is 21.6 Å². The summed E-state index contributed by atoms with van der Waals surface area (Å²) in [4.78, 5) is 11.3. The Balaban J connectivity index is 0.000000318. The Bertz CT molecular complexity index is 1170. The Morgan fingerprint density at radius 3 is 2.33 bits per heavy atom. The van der Waals surface area contributed by atoms with E-state index >= 15 is 0 Å². The van der Waals surface area contributed by atoms with Crippen molar-refractivity contribution in [3.8, 4) is 0 Å². The van der Waals surface area contributed by atoms with Crippen molar-refractivity contribution < 1.29 is 31.5 Å². The molecule has 162 valence electrons. The Kier molecular flexibility index (Phi) is 6.46. The quantitative estimate of drug-likeness (QED) is 0.597. The first-order chi connectivity index (χ1) is 14.0. The van der Waals surface area contributed by atoms with E-state index in [9.17, 15) is 21.6 Å². The van der Waals surface area contributed by atoms with E-state index in [0.29, 0.717) is 9.85 Å². The van der Waals surface area contributed by atoms with E-state index in [-0.39, 0.29) is 4.21 Å². The minimum atomic E-state index is -5.08. The lowest BCUT2D eigenvalue weighted by Gasteiger charge is -2.30. The molecule has 6 nitrogen and oxygen atoms in total. The van der Waals surface area contributed by atoms with Crippen LogP contribution in [0.5, 0.6) is 0 Å². The molecule has 4 rings (SSSR count). The lowest BCUT2D eigenvalue weighted by molar-refractivity contribution is -0.192. The molecule has 3 heterocycles. The molecular formula is C18H16ClF3N2O4S2. The average molecular weight is 481 g/mol. The first-order valence-corrected chi connectivity index (χ1v) is 11.3. The Hall–Kier alpha value is -2.08. The third-order valence-corrected chi connectivity index (χ3v) is 7.82. The second-order valence-corrected chi connectivity index (χ2v) is 10.2.